The molecule has 0 saturated carbocycles. The Labute approximate surface area is 219 Å². The van der Waals surface area contributed by atoms with Crippen molar-refractivity contribution in [1.82, 2.24) is 14.0 Å². The maximum atomic E-state index is 13.6. The van der Waals surface area contributed by atoms with E-state index in [1.165, 1.54) is 16.7 Å². The summed E-state index contributed by atoms with van der Waals surface area (Å²) in [6.07, 6.45) is 0.416. The molecule has 1 saturated heterocycles. The molecule has 1 aliphatic rings. The minimum absolute atomic E-state index is 0.124. The van der Waals surface area contributed by atoms with E-state index in [0.717, 1.165) is 25.0 Å². The van der Waals surface area contributed by atoms with Gasteiger partial charge in [0.1, 0.15) is 13.3 Å². The maximum absolute atomic E-state index is 13.6. The Hall–Kier alpha value is -2.56. The van der Waals surface area contributed by atoms with Gasteiger partial charge in [0.25, 0.3) is 5.56 Å². The number of hydrogen-bond donors (Lipinski definition) is 0. The molecular weight excluding hydrogens is 523 g/mol. The number of rotatable bonds is 8. The molecule has 200 valence electrons. The Morgan fingerprint density at radius 3 is 2.46 bits per heavy atom. The normalized spacial score (nSPS) is 14.6. The summed E-state index contributed by atoms with van der Waals surface area (Å²) in [4.78, 5) is 28.0. The largest absolute Gasteiger partial charge is 0.417 e. The maximum Gasteiger partial charge on any atom is 0.417 e. The summed E-state index contributed by atoms with van der Waals surface area (Å²) in [7, 11) is -1.31. The van der Waals surface area contributed by atoms with E-state index in [1.54, 1.807) is 27.9 Å². The predicted molar refractivity (Wildman–Crippen MR) is 142 cm³/mol. The lowest BCUT2D eigenvalue weighted by atomic mass is 10.0. The highest BCUT2D eigenvalue weighted by Crippen LogP contribution is 2.38. The molecule has 11 heteroatoms. The molecule has 6 nitrogen and oxygen atoms in total. The van der Waals surface area contributed by atoms with Gasteiger partial charge in [-0.05, 0) is 42.6 Å². The van der Waals surface area contributed by atoms with E-state index in [9.17, 15) is 22.8 Å². The Morgan fingerprint density at radius 2 is 1.81 bits per heavy atom. The van der Waals surface area contributed by atoms with E-state index in [4.69, 9.17) is 16.3 Å². The summed E-state index contributed by atoms with van der Waals surface area (Å²) in [5, 5.41) is -0.177. The van der Waals surface area contributed by atoms with Gasteiger partial charge in [0, 0.05) is 45.7 Å². The van der Waals surface area contributed by atoms with Crippen molar-refractivity contribution in [2.45, 2.75) is 58.0 Å². The number of halogens is 4. The first-order valence-corrected chi connectivity index (χ1v) is 16.4. The molecule has 0 atom stereocenters. The number of likely N-dealkylation sites (tertiary alicyclic amines) is 1. The molecule has 1 fully saturated rings. The van der Waals surface area contributed by atoms with Crippen molar-refractivity contribution in [2.24, 2.45) is 0 Å². The van der Waals surface area contributed by atoms with Crippen LogP contribution in [0.1, 0.15) is 18.4 Å². The molecule has 0 spiro atoms. The quantitative estimate of drug-likeness (QED) is 0.251. The molecule has 0 aliphatic carbocycles. The van der Waals surface area contributed by atoms with Gasteiger partial charge >= 0.3 is 6.18 Å². The monoisotopic (exact) mass is 553 g/mol. The number of carbonyl (C=O) groups is 1. The van der Waals surface area contributed by atoms with E-state index >= 15 is 0 Å². The van der Waals surface area contributed by atoms with E-state index < -0.39 is 30.4 Å². The summed E-state index contributed by atoms with van der Waals surface area (Å²) in [5.74, 6) is -0.152. The van der Waals surface area contributed by atoms with Crippen molar-refractivity contribution in [2.75, 3.05) is 19.7 Å². The predicted octanol–water partition coefficient (Wildman–Crippen LogP) is 6.08. The van der Waals surface area contributed by atoms with Crippen LogP contribution in [0.4, 0.5) is 13.2 Å². The van der Waals surface area contributed by atoms with Crippen molar-refractivity contribution in [3.63, 3.8) is 0 Å². The van der Waals surface area contributed by atoms with Gasteiger partial charge in [-0.1, -0.05) is 37.3 Å². The lowest BCUT2D eigenvalue weighted by molar-refractivity contribution is -0.137. The standard InChI is InChI=1S/C26H31ClF3N3O3Si/c1-37(2,3)13-12-36-17-33-15-19(18-6-7-21(27)20(14-18)26(28,29)30)24-22(33)8-11-32(25(24)35)16-23(34)31-9-4-5-10-31/h6-8,11,14-15H,4-5,9-10,12-13,16-17H2,1-3H3. The first kappa shape index (κ1) is 27.5. The van der Waals surface area contributed by atoms with Crippen molar-refractivity contribution in [3.05, 3.63) is 57.6 Å². The summed E-state index contributed by atoms with van der Waals surface area (Å²) >= 11 is 5.84. The summed E-state index contributed by atoms with van der Waals surface area (Å²) in [5.41, 5.74) is -0.340. The van der Waals surface area contributed by atoms with Crippen LogP contribution in [0.5, 0.6) is 0 Å². The summed E-state index contributed by atoms with van der Waals surface area (Å²) in [6, 6.07) is 6.27. The number of nitrogens with zero attached hydrogens (tertiary/aromatic N) is 3. The van der Waals surface area contributed by atoms with Crippen LogP contribution in [0, 0.1) is 0 Å². The van der Waals surface area contributed by atoms with Gasteiger partial charge < -0.3 is 18.8 Å². The van der Waals surface area contributed by atoms with Crippen molar-refractivity contribution >= 4 is 36.5 Å². The molecule has 1 aliphatic heterocycles. The lowest BCUT2D eigenvalue weighted by Crippen LogP contribution is -2.34. The second kappa shape index (κ2) is 10.7. The SMILES string of the molecule is C[Si](C)(C)CCOCn1cc(-c2ccc(Cl)c(C(F)(F)F)c2)c2c(=O)n(CC(=O)N3CCCC3)ccc21. The number of carbonyl (C=O) groups excluding carboxylic acids is 1. The van der Waals surface area contributed by atoms with Crippen LogP contribution < -0.4 is 5.56 Å². The molecule has 0 N–H and O–H groups in total. The highest BCUT2D eigenvalue weighted by atomic mass is 35.5. The molecule has 0 unspecified atom stereocenters. The van der Waals surface area contributed by atoms with Crippen LogP contribution in [0.15, 0.2) is 41.5 Å². The van der Waals surface area contributed by atoms with Gasteiger partial charge in [-0.3, -0.25) is 9.59 Å². The zero-order valence-electron chi connectivity index (χ0n) is 21.2. The van der Waals surface area contributed by atoms with Crippen LogP contribution in [0.25, 0.3) is 22.0 Å². The van der Waals surface area contributed by atoms with E-state index in [2.05, 4.69) is 19.6 Å². The van der Waals surface area contributed by atoms with Crippen molar-refractivity contribution < 1.29 is 22.7 Å². The lowest BCUT2D eigenvalue weighted by Gasteiger charge is -2.16. The van der Waals surface area contributed by atoms with Gasteiger partial charge in [-0.15, -0.1) is 0 Å². The first-order chi connectivity index (χ1) is 17.3. The fourth-order valence-electron chi connectivity index (χ4n) is 4.46. The molecule has 1 amide bonds. The molecule has 37 heavy (non-hydrogen) atoms. The number of amides is 1. The highest BCUT2D eigenvalue weighted by Gasteiger charge is 2.34. The molecule has 0 bridgehead atoms. The molecule has 4 rings (SSSR count). The fourth-order valence-corrected chi connectivity index (χ4v) is 5.44. The van der Waals surface area contributed by atoms with Gasteiger partial charge in [0.15, 0.2) is 0 Å². The van der Waals surface area contributed by atoms with Crippen LogP contribution in [0.2, 0.25) is 30.7 Å². The molecule has 0 radical (unpaired) electrons. The minimum atomic E-state index is -4.65. The Balaban J connectivity index is 1.77. The second-order valence-electron chi connectivity index (χ2n) is 10.6. The summed E-state index contributed by atoms with van der Waals surface area (Å²) in [6.45, 7) is 8.62. The van der Waals surface area contributed by atoms with Gasteiger partial charge in [0.05, 0.1) is 21.5 Å². The summed E-state index contributed by atoms with van der Waals surface area (Å²) < 4.78 is 49.7. The Morgan fingerprint density at radius 1 is 1.11 bits per heavy atom. The molecule has 3 heterocycles. The zero-order chi connectivity index (χ0) is 27.0. The third-order valence-electron chi connectivity index (χ3n) is 6.58. The van der Waals surface area contributed by atoms with Gasteiger partial charge in [-0.2, -0.15) is 13.2 Å². The van der Waals surface area contributed by atoms with Crippen LogP contribution >= 0.6 is 11.6 Å². The third-order valence-corrected chi connectivity index (χ3v) is 8.61. The number of fused-ring (bicyclic) bond motifs is 1. The van der Waals surface area contributed by atoms with Crippen LogP contribution in [-0.2, 0) is 29.0 Å². The number of hydrogen-bond acceptors (Lipinski definition) is 3. The smallest absolute Gasteiger partial charge is 0.361 e. The second-order valence-corrected chi connectivity index (χ2v) is 16.7. The number of ether oxygens (including phenoxy) is 1. The Kier molecular flexibility index (Phi) is 7.92. The first-order valence-electron chi connectivity index (χ1n) is 12.3. The topological polar surface area (TPSA) is 56.5 Å². The number of benzene rings is 1. The average molecular weight is 554 g/mol. The number of alkyl halides is 3. The Bertz CT molecular complexity index is 1360. The van der Waals surface area contributed by atoms with E-state index in [1.807, 2.05) is 0 Å². The molecule has 1 aromatic carbocycles. The van der Waals surface area contributed by atoms with Crippen molar-refractivity contribution in [3.8, 4) is 11.1 Å². The van der Waals surface area contributed by atoms with E-state index in [-0.39, 0.29) is 30.1 Å². The minimum Gasteiger partial charge on any atom is -0.361 e. The number of pyridine rings is 1. The molecule has 3 aromatic rings. The average Bonchev–Trinajstić information content (AvgIpc) is 3.46. The third kappa shape index (κ3) is 6.30. The highest BCUT2D eigenvalue weighted by molar-refractivity contribution is 6.76. The zero-order valence-corrected chi connectivity index (χ0v) is 23.0. The molecular formula is C26H31ClF3N3O3Si. The van der Waals surface area contributed by atoms with Gasteiger partial charge in [0.2, 0.25) is 5.91 Å². The van der Waals surface area contributed by atoms with Crippen molar-refractivity contribution in [1.29, 1.82) is 0 Å². The van der Waals surface area contributed by atoms with Crippen LogP contribution in [0.3, 0.4) is 0 Å². The van der Waals surface area contributed by atoms with Gasteiger partial charge in [-0.25, -0.2) is 0 Å². The van der Waals surface area contributed by atoms with E-state index in [0.29, 0.717) is 30.8 Å². The molecule has 2 aromatic heterocycles. The van der Waals surface area contributed by atoms with Crippen LogP contribution in [-0.4, -0.2) is 47.7 Å². The fraction of sp³-hybridized carbons (Fsp3) is 0.462. The number of aromatic nitrogens is 2.